The van der Waals surface area contributed by atoms with Gasteiger partial charge in [-0.2, -0.15) is 0 Å². The first-order chi connectivity index (χ1) is 9.58. The molecule has 1 fully saturated rings. The molecule has 0 bridgehead atoms. The van der Waals surface area contributed by atoms with Crippen molar-refractivity contribution >= 4 is 5.97 Å². The number of aliphatic carboxylic acids is 1. The first-order valence-electron chi connectivity index (χ1n) is 7.25. The summed E-state index contributed by atoms with van der Waals surface area (Å²) in [6.45, 7) is 1.93. The Kier molecular flexibility index (Phi) is 5.15. The zero-order valence-electron chi connectivity index (χ0n) is 12.3. The monoisotopic (exact) mass is 276 g/mol. The Balaban J connectivity index is 2.16. The molecule has 1 aromatic carbocycles. The number of likely N-dealkylation sites (N-methyl/N-ethyl adjacent to an activating group) is 1. The minimum atomic E-state index is -0.731. The molecule has 1 aliphatic heterocycles. The molecule has 0 aliphatic carbocycles. The van der Waals surface area contributed by atoms with Gasteiger partial charge in [0, 0.05) is 18.6 Å². The summed E-state index contributed by atoms with van der Waals surface area (Å²) in [5, 5.41) is 9.21. The smallest absolute Gasteiger partial charge is 0.305 e. The fourth-order valence-electron chi connectivity index (χ4n) is 2.99. The third kappa shape index (κ3) is 3.81. The van der Waals surface area contributed by atoms with Crippen LogP contribution in [0.25, 0.3) is 0 Å². The normalized spacial score (nSPS) is 21.9. The SMILES string of the molecule is CN(C)C1CCCN(C(CC(=O)O)c2ccccc2)C1. The summed E-state index contributed by atoms with van der Waals surface area (Å²) in [5.41, 5.74) is 1.11. The van der Waals surface area contributed by atoms with Crippen LogP contribution in [-0.4, -0.2) is 54.1 Å². The summed E-state index contributed by atoms with van der Waals surface area (Å²) in [5.74, 6) is -0.731. The number of likely N-dealkylation sites (tertiary alicyclic amines) is 1. The highest BCUT2D eigenvalue weighted by molar-refractivity contribution is 5.68. The van der Waals surface area contributed by atoms with Crippen molar-refractivity contribution in [2.75, 3.05) is 27.2 Å². The second kappa shape index (κ2) is 6.86. The summed E-state index contributed by atoms with van der Waals surface area (Å²) < 4.78 is 0. The van der Waals surface area contributed by atoms with E-state index in [2.05, 4.69) is 23.9 Å². The van der Waals surface area contributed by atoms with E-state index in [9.17, 15) is 9.90 Å². The van der Waals surface area contributed by atoms with Crippen molar-refractivity contribution in [3.8, 4) is 0 Å². The minimum Gasteiger partial charge on any atom is -0.481 e. The number of carboxylic acids is 1. The van der Waals surface area contributed by atoms with Gasteiger partial charge in [-0.1, -0.05) is 30.3 Å². The highest BCUT2D eigenvalue weighted by atomic mass is 16.4. The maximum absolute atomic E-state index is 11.2. The van der Waals surface area contributed by atoms with E-state index in [-0.39, 0.29) is 12.5 Å². The molecule has 0 spiro atoms. The van der Waals surface area contributed by atoms with Crippen molar-refractivity contribution in [2.24, 2.45) is 0 Å². The van der Waals surface area contributed by atoms with Gasteiger partial charge in [-0.25, -0.2) is 0 Å². The van der Waals surface area contributed by atoms with E-state index in [1.54, 1.807) is 0 Å². The first-order valence-corrected chi connectivity index (χ1v) is 7.25. The predicted molar refractivity (Wildman–Crippen MR) is 79.7 cm³/mol. The predicted octanol–water partition coefficient (Wildman–Crippen LogP) is 2.23. The summed E-state index contributed by atoms with van der Waals surface area (Å²) in [4.78, 5) is 15.8. The molecule has 4 heteroatoms. The van der Waals surface area contributed by atoms with Crippen LogP contribution < -0.4 is 0 Å². The number of nitrogens with zero attached hydrogens (tertiary/aromatic N) is 2. The lowest BCUT2D eigenvalue weighted by Crippen LogP contribution is -2.46. The van der Waals surface area contributed by atoms with Crippen LogP contribution in [-0.2, 0) is 4.79 Å². The molecule has 1 N–H and O–H groups in total. The molecular formula is C16H24N2O2. The van der Waals surface area contributed by atoms with Crippen molar-refractivity contribution in [3.63, 3.8) is 0 Å². The van der Waals surface area contributed by atoms with Crippen molar-refractivity contribution in [1.29, 1.82) is 0 Å². The van der Waals surface area contributed by atoms with Crippen LogP contribution >= 0.6 is 0 Å². The van der Waals surface area contributed by atoms with E-state index in [0.29, 0.717) is 6.04 Å². The Hall–Kier alpha value is -1.39. The van der Waals surface area contributed by atoms with Crippen molar-refractivity contribution in [3.05, 3.63) is 35.9 Å². The zero-order valence-corrected chi connectivity index (χ0v) is 12.3. The van der Waals surface area contributed by atoms with Gasteiger partial charge >= 0.3 is 5.97 Å². The summed E-state index contributed by atoms with van der Waals surface area (Å²) in [6, 6.07) is 10.5. The van der Waals surface area contributed by atoms with Crippen LogP contribution in [0.4, 0.5) is 0 Å². The number of rotatable bonds is 5. The first kappa shape index (κ1) is 15.0. The highest BCUT2D eigenvalue weighted by Gasteiger charge is 2.29. The second-order valence-corrected chi connectivity index (χ2v) is 5.78. The van der Waals surface area contributed by atoms with Crippen LogP contribution in [0.5, 0.6) is 0 Å². The van der Waals surface area contributed by atoms with Gasteiger partial charge < -0.3 is 10.0 Å². The minimum absolute atomic E-state index is 0.0172. The van der Waals surface area contributed by atoms with Crippen LogP contribution in [0.3, 0.4) is 0 Å². The van der Waals surface area contributed by atoms with Crippen LogP contribution in [0.15, 0.2) is 30.3 Å². The van der Waals surface area contributed by atoms with E-state index in [4.69, 9.17) is 0 Å². The molecule has 4 nitrogen and oxygen atoms in total. The summed E-state index contributed by atoms with van der Waals surface area (Å²) >= 11 is 0. The third-order valence-electron chi connectivity index (χ3n) is 4.15. The molecule has 1 saturated heterocycles. The molecule has 2 rings (SSSR count). The van der Waals surface area contributed by atoms with Gasteiger partial charge in [0.2, 0.25) is 0 Å². The molecule has 0 aromatic heterocycles. The fraction of sp³-hybridized carbons (Fsp3) is 0.562. The zero-order chi connectivity index (χ0) is 14.5. The van der Waals surface area contributed by atoms with Gasteiger partial charge in [0.25, 0.3) is 0 Å². The van der Waals surface area contributed by atoms with E-state index in [0.717, 1.165) is 25.1 Å². The molecular weight excluding hydrogens is 252 g/mol. The summed E-state index contributed by atoms with van der Waals surface area (Å²) in [7, 11) is 4.20. The average Bonchev–Trinajstić information content (AvgIpc) is 2.45. The lowest BCUT2D eigenvalue weighted by molar-refractivity contribution is -0.138. The molecule has 1 aliphatic rings. The van der Waals surface area contributed by atoms with Crippen molar-refractivity contribution < 1.29 is 9.90 Å². The van der Waals surface area contributed by atoms with Crippen LogP contribution in [0.1, 0.15) is 30.9 Å². The van der Waals surface area contributed by atoms with E-state index >= 15 is 0 Å². The third-order valence-corrected chi connectivity index (χ3v) is 4.15. The van der Waals surface area contributed by atoms with Crippen LogP contribution in [0, 0.1) is 0 Å². The van der Waals surface area contributed by atoms with Gasteiger partial charge in [0.15, 0.2) is 0 Å². The Morgan fingerprint density at radius 2 is 2.10 bits per heavy atom. The fourth-order valence-corrected chi connectivity index (χ4v) is 2.99. The molecule has 1 aromatic rings. The molecule has 2 atom stereocenters. The maximum Gasteiger partial charge on any atom is 0.305 e. The van der Waals surface area contributed by atoms with Gasteiger partial charge in [-0.15, -0.1) is 0 Å². The molecule has 0 saturated carbocycles. The second-order valence-electron chi connectivity index (χ2n) is 5.78. The topological polar surface area (TPSA) is 43.8 Å². The Bertz CT molecular complexity index is 433. The molecule has 0 radical (unpaired) electrons. The standard InChI is InChI=1S/C16H24N2O2/c1-17(2)14-9-6-10-18(12-14)15(11-16(19)20)13-7-4-3-5-8-13/h3-5,7-8,14-15H,6,9-12H2,1-2H3,(H,19,20). The van der Waals surface area contributed by atoms with E-state index < -0.39 is 5.97 Å². The van der Waals surface area contributed by atoms with Crippen LogP contribution in [0.2, 0.25) is 0 Å². The average molecular weight is 276 g/mol. The highest BCUT2D eigenvalue weighted by Crippen LogP contribution is 2.28. The lowest BCUT2D eigenvalue weighted by atomic mass is 9.97. The van der Waals surface area contributed by atoms with Gasteiger partial charge in [-0.3, -0.25) is 9.69 Å². The number of hydrogen-bond acceptors (Lipinski definition) is 3. The van der Waals surface area contributed by atoms with Crippen molar-refractivity contribution in [1.82, 2.24) is 9.80 Å². The number of hydrogen-bond donors (Lipinski definition) is 1. The quantitative estimate of drug-likeness (QED) is 0.895. The Morgan fingerprint density at radius 3 is 2.70 bits per heavy atom. The lowest BCUT2D eigenvalue weighted by Gasteiger charge is -2.40. The Morgan fingerprint density at radius 1 is 1.40 bits per heavy atom. The molecule has 1 heterocycles. The maximum atomic E-state index is 11.2. The van der Waals surface area contributed by atoms with Gasteiger partial charge in [0.05, 0.1) is 6.42 Å². The number of benzene rings is 1. The number of carboxylic acid groups (broad SMARTS) is 1. The molecule has 20 heavy (non-hydrogen) atoms. The molecule has 2 unspecified atom stereocenters. The Labute approximate surface area is 121 Å². The number of piperidine rings is 1. The molecule has 110 valence electrons. The van der Waals surface area contributed by atoms with Gasteiger partial charge in [0.1, 0.15) is 0 Å². The van der Waals surface area contributed by atoms with Crippen molar-refractivity contribution in [2.45, 2.75) is 31.3 Å². The number of carbonyl (C=O) groups is 1. The summed E-state index contributed by atoms with van der Waals surface area (Å²) in [6.07, 6.45) is 2.49. The van der Waals surface area contributed by atoms with Gasteiger partial charge in [-0.05, 0) is 39.0 Å². The van der Waals surface area contributed by atoms with E-state index in [1.807, 2.05) is 30.3 Å². The largest absolute Gasteiger partial charge is 0.481 e. The van der Waals surface area contributed by atoms with E-state index in [1.165, 1.54) is 6.42 Å². The molecule has 0 amide bonds.